The van der Waals surface area contributed by atoms with Crippen molar-refractivity contribution in [3.63, 3.8) is 0 Å². The zero-order valence-corrected chi connectivity index (χ0v) is 10.4. The summed E-state index contributed by atoms with van der Waals surface area (Å²) in [7, 11) is 0. The molecule has 0 bridgehead atoms. The third-order valence-electron chi connectivity index (χ3n) is 2.41. The van der Waals surface area contributed by atoms with E-state index in [2.05, 4.69) is 4.98 Å². The molecule has 0 fully saturated rings. The highest BCUT2D eigenvalue weighted by Crippen LogP contribution is 2.30. The van der Waals surface area contributed by atoms with E-state index in [1.807, 2.05) is 39.0 Å². The second-order valence-electron chi connectivity index (χ2n) is 4.20. The number of benzene rings is 1. The number of hydrogen-bond donors (Lipinski definition) is 0. The first-order valence-electron chi connectivity index (χ1n) is 5.30. The number of hydrogen-bond acceptors (Lipinski definition) is 2. The molecule has 0 radical (unpaired) electrons. The van der Waals surface area contributed by atoms with Crippen molar-refractivity contribution < 1.29 is 4.42 Å². The molecule has 1 aromatic heterocycles. The van der Waals surface area contributed by atoms with Gasteiger partial charge in [-0.1, -0.05) is 31.5 Å². The molecule has 2 nitrogen and oxygen atoms in total. The van der Waals surface area contributed by atoms with Gasteiger partial charge in [0.15, 0.2) is 11.7 Å². The van der Waals surface area contributed by atoms with E-state index in [0.29, 0.717) is 5.02 Å². The van der Waals surface area contributed by atoms with Crippen molar-refractivity contribution in [2.75, 3.05) is 0 Å². The lowest BCUT2D eigenvalue weighted by Gasteiger charge is -2.01. The van der Waals surface area contributed by atoms with Crippen molar-refractivity contribution in [2.45, 2.75) is 26.7 Å². The summed E-state index contributed by atoms with van der Waals surface area (Å²) in [5.74, 6) is 1.76. The monoisotopic (exact) mass is 235 g/mol. The molecule has 0 saturated carbocycles. The fraction of sp³-hybridized carbons (Fsp3) is 0.308. The quantitative estimate of drug-likeness (QED) is 0.770. The number of oxazole rings is 1. The van der Waals surface area contributed by atoms with Crippen LogP contribution in [0.4, 0.5) is 0 Å². The molecule has 0 aliphatic carbocycles. The highest BCUT2D eigenvalue weighted by atomic mass is 35.5. The van der Waals surface area contributed by atoms with Crippen LogP contribution in [-0.2, 0) is 0 Å². The first kappa shape index (κ1) is 11.2. The van der Waals surface area contributed by atoms with E-state index in [0.717, 1.165) is 22.8 Å². The Balaban J connectivity index is 2.42. The zero-order valence-electron chi connectivity index (χ0n) is 9.62. The smallest absolute Gasteiger partial charge is 0.197 e. The highest BCUT2D eigenvalue weighted by molar-refractivity contribution is 6.33. The summed E-state index contributed by atoms with van der Waals surface area (Å²) < 4.78 is 5.66. The van der Waals surface area contributed by atoms with E-state index in [1.165, 1.54) is 0 Å². The summed E-state index contributed by atoms with van der Waals surface area (Å²) >= 11 is 6.17. The van der Waals surface area contributed by atoms with Gasteiger partial charge in [0.05, 0.1) is 11.2 Å². The molecule has 0 atom stereocenters. The Morgan fingerprint density at radius 1 is 1.31 bits per heavy atom. The maximum atomic E-state index is 6.17. The first-order valence-corrected chi connectivity index (χ1v) is 5.68. The Hall–Kier alpha value is -1.28. The van der Waals surface area contributed by atoms with E-state index in [4.69, 9.17) is 16.0 Å². The number of rotatable bonds is 2. The van der Waals surface area contributed by atoms with Crippen LogP contribution in [0.15, 0.2) is 28.8 Å². The van der Waals surface area contributed by atoms with Gasteiger partial charge in [0.2, 0.25) is 0 Å². The van der Waals surface area contributed by atoms with E-state index in [9.17, 15) is 0 Å². The van der Waals surface area contributed by atoms with Gasteiger partial charge >= 0.3 is 0 Å². The van der Waals surface area contributed by atoms with Crippen LogP contribution in [0.1, 0.15) is 31.2 Å². The Bertz CT molecular complexity index is 502. The summed E-state index contributed by atoms with van der Waals surface area (Å²) in [5.41, 5.74) is 2.03. The molecule has 2 rings (SSSR count). The van der Waals surface area contributed by atoms with Gasteiger partial charge < -0.3 is 4.42 Å². The molecule has 0 aliphatic rings. The van der Waals surface area contributed by atoms with Crippen LogP contribution in [0, 0.1) is 6.92 Å². The van der Waals surface area contributed by atoms with Gasteiger partial charge in [0.1, 0.15) is 0 Å². The molecule has 3 heteroatoms. The predicted octanol–water partition coefficient (Wildman–Crippen LogP) is 4.43. The SMILES string of the molecule is Cc1ccc(-c2cnc(C(C)C)o2)c(Cl)c1. The van der Waals surface area contributed by atoms with Crippen molar-refractivity contribution in [2.24, 2.45) is 0 Å². The second-order valence-corrected chi connectivity index (χ2v) is 4.61. The molecule has 16 heavy (non-hydrogen) atoms. The molecule has 0 saturated heterocycles. The lowest BCUT2D eigenvalue weighted by molar-refractivity contribution is 0.481. The minimum Gasteiger partial charge on any atom is -0.440 e. The third kappa shape index (κ3) is 2.12. The number of aromatic nitrogens is 1. The van der Waals surface area contributed by atoms with Crippen LogP contribution in [0.25, 0.3) is 11.3 Å². The van der Waals surface area contributed by atoms with Crippen molar-refractivity contribution in [3.05, 3.63) is 40.9 Å². The van der Waals surface area contributed by atoms with Crippen LogP contribution in [0.2, 0.25) is 5.02 Å². The molecular weight excluding hydrogens is 222 g/mol. The van der Waals surface area contributed by atoms with Crippen molar-refractivity contribution in [1.29, 1.82) is 0 Å². The van der Waals surface area contributed by atoms with Gasteiger partial charge in [-0.3, -0.25) is 0 Å². The summed E-state index contributed by atoms with van der Waals surface area (Å²) in [6.45, 7) is 6.11. The first-order chi connectivity index (χ1) is 7.58. The van der Waals surface area contributed by atoms with Gasteiger partial charge in [0.25, 0.3) is 0 Å². The van der Waals surface area contributed by atoms with Crippen molar-refractivity contribution >= 4 is 11.6 Å². The van der Waals surface area contributed by atoms with Gasteiger partial charge in [0, 0.05) is 11.5 Å². The average Bonchev–Trinajstić information content (AvgIpc) is 2.66. The number of aryl methyl sites for hydroxylation is 1. The molecule has 84 valence electrons. The van der Waals surface area contributed by atoms with E-state index in [-0.39, 0.29) is 5.92 Å². The van der Waals surface area contributed by atoms with Crippen LogP contribution < -0.4 is 0 Å². The number of halogens is 1. The Morgan fingerprint density at radius 3 is 2.62 bits per heavy atom. The summed E-state index contributed by atoms with van der Waals surface area (Å²) in [4.78, 5) is 4.23. The molecule has 0 amide bonds. The van der Waals surface area contributed by atoms with Crippen LogP contribution >= 0.6 is 11.6 Å². The molecular formula is C13H14ClNO. The maximum absolute atomic E-state index is 6.17. The number of nitrogens with zero attached hydrogens (tertiary/aromatic N) is 1. The Labute approximate surface area is 100 Å². The summed E-state index contributed by atoms with van der Waals surface area (Å²) in [6.07, 6.45) is 1.73. The second kappa shape index (κ2) is 4.30. The molecule has 0 unspecified atom stereocenters. The molecule has 0 spiro atoms. The zero-order chi connectivity index (χ0) is 11.7. The third-order valence-corrected chi connectivity index (χ3v) is 2.72. The maximum Gasteiger partial charge on any atom is 0.197 e. The normalized spacial score (nSPS) is 11.1. The topological polar surface area (TPSA) is 26.0 Å². The molecule has 0 N–H and O–H groups in total. The summed E-state index contributed by atoms with van der Waals surface area (Å²) in [6, 6.07) is 5.90. The molecule has 0 aliphatic heterocycles. The van der Waals surface area contributed by atoms with Gasteiger partial charge in [-0.05, 0) is 24.6 Å². The van der Waals surface area contributed by atoms with Gasteiger partial charge in [-0.25, -0.2) is 4.98 Å². The van der Waals surface area contributed by atoms with Gasteiger partial charge in [-0.2, -0.15) is 0 Å². The lowest BCUT2D eigenvalue weighted by atomic mass is 10.1. The van der Waals surface area contributed by atoms with E-state index < -0.39 is 0 Å². The van der Waals surface area contributed by atoms with Gasteiger partial charge in [-0.15, -0.1) is 0 Å². The summed E-state index contributed by atoms with van der Waals surface area (Å²) in [5, 5.41) is 0.700. The predicted molar refractivity (Wildman–Crippen MR) is 65.8 cm³/mol. The van der Waals surface area contributed by atoms with E-state index >= 15 is 0 Å². The van der Waals surface area contributed by atoms with Crippen LogP contribution in [-0.4, -0.2) is 4.98 Å². The minimum absolute atomic E-state index is 0.290. The average molecular weight is 236 g/mol. The van der Waals surface area contributed by atoms with Crippen LogP contribution in [0.3, 0.4) is 0 Å². The fourth-order valence-corrected chi connectivity index (χ4v) is 1.83. The van der Waals surface area contributed by atoms with Crippen molar-refractivity contribution in [1.82, 2.24) is 4.98 Å². The standard InChI is InChI=1S/C13H14ClNO/c1-8(2)13-15-7-12(16-13)10-5-4-9(3)6-11(10)14/h4-8H,1-3H3. The largest absolute Gasteiger partial charge is 0.440 e. The van der Waals surface area contributed by atoms with E-state index in [1.54, 1.807) is 6.20 Å². The lowest BCUT2D eigenvalue weighted by Crippen LogP contribution is -1.84. The molecule has 2 aromatic rings. The molecule has 1 heterocycles. The fourth-order valence-electron chi connectivity index (χ4n) is 1.50. The minimum atomic E-state index is 0.290. The highest BCUT2D eigenvalue weighted by Gasteiger charge is 2.11. The Kier molecular flexibility index (Phi) is 3.01. The molecule has 1 aromatic carbocycles. The van der Waals surface area contributed by atoms with Crippen LogP contribution in [0.5, 0.6) is 0 Å². The Morgan fingerprint density at radius 2 is 2.06 bits per heavy atom. The van der Waals surface area contributed by atoms with Crippen molar-refractivity contribution in [3.8, 4) is 11.3 Å².